The molecule has 4 atom stereocenters. The summed E-state index contributed by atoms with van der Waals surface area (Å²) in [7, 11) is -3.85. The van der Waals surface area contributed by atoms with Gasteiger partial charge in [-0.1, -0.05) is 72.8 Å². The third-order valence-corrected chi connectivity index (χ3v) is 6.76. The zero-order valence-electron chi connectivity index (χ0n) is 26.2. The smallest absolute Gasteiger partial charge is 0.773 e. The van der Waals surface area contributed by atoms with Gasteiger partial charge >= 0.3 is 19.5 Å². The molecular weight excluding hydrogens is 817 g/mol. The summed E-state index contributed by atoms with van der Waals surface area (Å²) in [5.74, 6) is 1.93. The first-order valence-electron chi connectivity index (χ1n) is 12.9. The summed E-state index contributed by atoms with van der Waals surface area (Å²) >= 11 is 0. The summed E-state index contributed by atoms with van der Waals surface area (Å²) in [4.78, 5) is 59.8. The van der Waals surface area contributed by atoms with Crippen molar-refractivity contribution >= 4 is 34.4 Å². The molecule has 0 spiro atoms. The van der Waals surface area contributed by atoms with Crippen LogP contribution in [0.4, 0.5) is 0 Å². The zero-order valence-corrected chi connectivity index (χ0v) is 31.5. The van der Waals surface area contributed by atoms with Crippen LogP contribution < -0.4 is 37.7 Å². The fourth-order valence-corrected chi connectivity index (χ4v) is 4.36. The summed E-state index contributed by atoms with van der Waals surface area (Å²) in [6, 6.07) is 34.9. The molecule has 0 saturated heterocycles. The Bertz CT molecular complexity index is 1070. The van der Waals surface area contributed by atoms with Crippen molar-refractivity contribution in [1.82, 2.24) is 0 Å². The monoisotopic (exact) mass is 850 g/mol. The van der Waals surface area contributed by atoms with Crippen molar-refractivity contribution in [3.8, 4) is 23.0 Å². The van der Waals surface area contributed by atoms with Gasteiger partial charge in [-0.25, -0.2) is 19.6 Å². The molecular formula is C28H32O16P4Ru. The standard InChI is InChI=1S/4C7H8O4P.Ru/c4*1-9-11-12(8)10-7-5-3-2-4-6-7;/h4*2-6H,1H3;/q4*-1;+4. The van der Waals surface area contributed by atoms with Crippen LogP contribution in [0, 0.1) is 0 Å². The van der Waals surface area contributed by atoms with E-state index in [4.69, 9.17) is 18.1 Å². The Morgan fingerprint density at radius 2 is 0.490 bits per heavy atom. The molecule has 16 nitrogen and oxygen atoms in total. The van der Waals surface area contributed by atoms with Gasteiger partial charge in [0.05, 0.1) is 28.4 Å². The molecule has 0 bridgehead atoms. The molecule has 0 fully saturated rings. The summed E-state index contributed by atoms with van der Waals surface area (Å²) < 4.78 is 36.2. The Morgan fingerprint density at radius 1 is 0.327 bits per heavy atom. The Morgan fingerprint density at radius 3 is 0.633 bits per heavy atom. The van der Waals surface area contributed by atoms with Crippen molar-refractivity contribution in [2.24, 2.45) is 0 Å². The molecule has 4 aromatic carbocycles. The van der Waals surface area contributed by atoms with E-state index in [9.17, 15) is 19.6 Å². The van der Waals surface area contributed by atoms with Crippen molar-refractivity contribution in [2.75, 3.05) is 28.4 Å². The van der Waals surface area contributed by atoms with Crippen molar-refractivity contribution in [1.29, 1.82) is 0 Å². The van der Waals surface area contributed by atoms with Gasteiger partial charge in [-0.3, -0.25) is 0 Å². The van der Waals surface area contributed by atoms with E-state index in [0.29, 0.717) is 23.0 Å². The van der Waals surface area contributed by atoms with E-state index in [1.807, 2.05) is 24.3 Å². The van der Waals surface area contributed by atoms with E-state index >= 15 is 0 Å². The van der Waals surface area contributed by atoms with Gasteiger partial charge in [-0.05, 0) is 48.5 Å². The second kappa shape index (κ2) is 31.9. The average molecular weight is 850 g/mol. The number of hydrogen-bond acceptors (Lipinski definition) is 16. The van der Waals surface area contributed by atoms with Gasteiger partial charge < -0.3 is 37.7 Å². The Kier molecular flexibility index (Phi) is 30.6. The first-order chi connectivity index (χ1) is 23.3. The molecule has 0 radical (unpaired) electrons. The van der Waals surface area contributed by atoms with Crippen LogP contribution in [0.25, 0.3) is 0 Å². The van der Waals surface area contributed by atoms with E-state index in [1.165, 1.54) is 28.4 Å². The number of benzene rings is 4. The van der Waals surface area contributed by atoms with Crippen molar-refractivity contribution in [3.05, 3.63) is 121 Å². The molecule has 268 valence electrons. The molecule has 4 unspecified atom stereocenters. The topological polar surface area (TPSA) is 203 Å². The van der Waals surface area contributed by atoms with Crippen LogP contribution in [0.1, 0.15) is 0 Å². The molecule has 4 aromatic rings. The predicted octanol–water partition coefficient (Wildman–Crippen LogP) is 4.92. The second-order valence-corrected chi connectivity index (χ2v) is 10.6. The molecule has 0 heterocycles. The Labute approximate surface area is 301 Å². The van der Waals surface area contributed by atoms with Gasteiger partial charge in [0.1, 0.15) is 23.0 Å². The molecule has 0 aliphatic heterocycles. The number of rotatable bonds is 16. The molecule has 0 aliphatic carbocycles. The van der Waals surface area contributed by atoms with Crippen molar-refractivity contribution in [3.63, 3.8) is 0 Å². The average Bonchev–Trinajstić information content (AvgIpc) is 3.08. The van der Waals surface area contributed by atoms with Crippen LogP contribution in [0.3, 0.4) is 0 Å². The van der Waals surface area contributed by atoms with Gasteiger partial charge in [-0.15, -0.1) is 0 Å². The molecule has 0 aliphatic rings. The molecule has 0 saturated carbocycles. The Hall–Kier alpha value is -2.06. The van der Waals surface area contributed by atoms with Gasteiger partial charge in [0, 0.05) is 0 Å². The minimum absolute atomic E-state index is 0. The maximum atomic E-state index is 10.8. The minimum Gasteiger partial charge on any atom is -0.773 e. The van der Waals surface area contributed by atoms with Crippen LogP contribution in [0.15, 0.2) is 121 Å². The van der Waals surface area contributed by atoms with Crippen LogP contribution in [-0.2, 0) is 57.7 Å². The number of para-hydroxylation sites is 4. The van der Waals surface area contributed by atoms with Crippen molar-refractivity contribution in [2.45, 2.75) is 0 Å². The second-order valence-electron chi connectivity index (χ2n) is 7.48. The predicted molar refractivity (Wildman–Crippen MR) is 168 cm³/mol. The van der Waals surface area contributed by atoms with Gasteiger partial charge in [0.2, 0.25) is 0 Å². The van der Waals surface area contributed by atoms with Crippen LogP contribution in [0.5, 0.6) is 23.0 Å². The van der Waals surface area contributed by atoms with Crippen molar-refractivity contribution < 1.29 is 95.4 Å². The summed E-state index contributed by atoms with van der Waals surface area (Å²) in [6.07, 6.45) is 0. The molecule has 0 aromatic heterocycles. The number of hydrogen-bond donors (Lipinski definition) is 0. The van der Waals surface area contributed by atoms with Gasteiger partial charge in [0.15, 0.2) is 34.4 Å². The SMILES string of the molecule is COOP([O-])Oc1ccccc1.COOP([O-])Oc1ccccc1.COOP([O-])Oc1ccccc1.COOP([O-])Oc1ccccc1.[Ru+4]. The van der Waals surface area contributed by atoms with Gasteiger partial charge in [-0.2, -0.15) is 18.7 Å². The fraction of sp³-hybridized carbons (Fsp3) is 0.143. The van der Waals surface area contributed by atoms with E-state index < -0.39 is 34.4 Å². The molecule has 4 rings (SSSR count). The summed E-state index contributed by atoms with van der Waals surface area (Å²) in [5, 5.41) is 0. The first-order valence-corrected chi connectivity index (χ1v) is 17.3. The van der Waals surface area contributed by atoms with Crippen LogP contribution in [0.2, 0.25) is 0 Å². The van der Waals surface area contributed by atoms with E-state index in [1.54, 1.807) is 97.1 Å². The third kappa shape index (κ3) is 26.4. The Balaban J connectivity index is 0.000000623. The van der Waals surface area contributed by atoms with Crippen LogP contribution >= 0.6 is 34.4 Å². The molecule has 49 heavy (non-hydrogen) atoms. The molecule has 21 heteroatoms. The molecule has 0 amide bonds. The maximum absolute atomic E-state index is 10.8. The zero-order chi connectivity index (χ0) is 35.2. The van der Waals surface area contributed by atoms with Crippen LogP contribution in [-0.4, -0.2) is 28.4 Å². The maximum Gasteiger partial charge on any atom is 4.00 e. The summed E-state index contributed by atoms with van der Waals surface area (Å²) in [5.41, 5.74) is 0. The minimum atomic E-state index is -2.23. The van der Waals surface area contributed by atoms with E-state index in [0.717, 1.165) is 0 Å². The quantitative estimate of drug-likeness (QED) is 0.0636. The van der Waals surface area contributed by atoms with E-state index in [-0.39, 0.29) is 19.5 Å². The normalized spacial score (nSPS) is 12.2. The first kappa shape index (κ1) is 46.9. The summed E-state index contributed by atoms with van der Waals surface area (Å²) in [6.45, 7) is 0. The fourth-order valence-electron chi connectivity index (χ4n) is 2.57. The largest absolute Gasteiger partial charge is 4.00 e. The molecule has 0 N–H and O–H groups in total. The third-order valence-electron chi connectivity index (χ3n) is 4.23. The van der Waals surface area contributed by atoms with E-state index in [2.05, 4.69) is 38.2 Å². The van der Waals surface area contributed by atoms with Gasteiger partial charge in [0.25, 0.3) is 0 Å².